The van der Waals surface area contributed by atoms with E-state index in [0.29, 0.717) is 0 Å². The summed E-state index contributed by atoms with van der Waals surface area (Å²) in [6.07, 6.45) is 6.71. The second kappa shape index (κ2) is 7.25. The molecule has 6 heteroatoms. The summed E-state index contributed by atoms with van der Waals surface area (Å²) in [6.45, 7) is 3.84. The molecule has 0 atom stereocenters. The molecule has 0 spiro atoms. The molecule has 0 saturated heterocycles. The average Bonchev–Trinajstić information content (AvgIpc) is 3.31. The van der Waals surface area contributed by atoms with Crippen molar-refractivity contribution in [1.29, 1.82) is 0 Å². The smallest absolute Gasteiger partial charge is 0.141 e. The van der Waals surface area contributed by atoms with E-state index in [0.717, 1.165) is 41.4 Å². The molecule has 132 valence electrons. The lowest BCUT2D eigenvalue weighted by Gasteiger charge is -2.20. The van der Waals surface area contributed by atoms with Crippen LogP contribution in [0.25, 0.3) is 21.3 Å². The maximum absolute atomic E-state index is 4.78. The summed E-state index contributed by atoms with van der Waals surface area (Å²) in [4.78, 5) is 16.8. The van der Waals surface area contributed by atoms with Crippen LogP contribution in [-0.4, -0.2) is 33.1 Å². The summed E-state index contributed by atoms with van der Waals surface area (Å²) < 4.78 is 2.11. The SMILES string of the molecule is Cc1nc(N(C)CCCn2ccnc2)c2c(-c3ccccc3)csc2n1. The van der Waals surface area contributed by atoms with Crippen molar-refractivity contribution >= 4 is 27.4 Å². The Bertz CT molecular complexity index is 992. The molecule has 0 fully saturated rings. The highest BCUT2D eigenvalue weighted by molar-refractivity contribution is 7.17. The van der Waals surface area contributed by atoms with E-state index in [1.165, 1.54) is 11.1 Å². The number of hydrogen-bond acceptors (Lipinski definition) is 5. The zero-order chi connectivity index (χ0) is 17.9. The fraction of sp³-hybridized carbons (Fsp3) is 0.250. The largest absolute Gasteiger partial charge is 0.359 e. The molecule has 0 saturated carbocycles. The minimum Gasteiger partial charge on any atom is -0.359 e. The second-order valence-corrected chi connectivity index (χ2v) is 7.22. The van der Waals surface area contributed by atoms with Gasteiger partial charge in [-0.05, 0) is 18.9 Å². The van der Waals surface area contributed by atoms with Crippen molar-refractivity contribution in [3.63, 3.8) is 0 Å². The summed E-state index contributed by atoms with van der Waals surface area (Å²) in [5.41, 5.74) is 2.42. The van der Waals surface area contributed by atoms with Crippen LogP contribution in [0.5, 0.6) is 0 Å². The van der Waals surface area contributed by atoms with Crippen molar-refractivity contribution in [3.05, 3.63) is 60.3 Å². The summed E-state index contributed by atoms with van der Waals surface area (Å²) in [5.74, 6) is 1.83. The molecule has 0 aliphatic carbocycles. The van der Waals surface area contributed by atoms with Crippen molar-refractivity contribution < 1.29 is 0 Å². The molecule has 5 nitrogen and oxygen atoms in total. The molecule has 0 N–H and O–H groups in total. The van der Waals surface area contributed by atoms with Crippen LogP contribution in [-0.2, 0) is 6.54 Å². The maximum atomic E-state index is 4.78. The Balaban J connectivity index is 1.65. The van der Waals surface area contributed by atoms with Crippen molar-refractivity contribution in [2.75, 3.05) is 18.5 Å². The van der Waals surface area contributed by atoms with E-state index in [1.54, 1.807) is 11.3 Å². The number of nitrogens with zero attached hydrogens (tertiary/aromatic N) is 5. The molecule has 3 aromatic heterocycles. The fourth-order valence-corrected chi connectivity index (χ4v) is 4.14. The lowest BCUT2D eigenvalue weighted by molar-refractivity contribution is 0.636. The van der Waals surface area contributed by atoms with Crippen molar-refractivity contribution in [1.82, 2.24) is 19.5 Å². The molecule has 26 heavy (non-hydrogen) atoms. The van der Waals surface area contributed by atoms with Crippen LogP contribution >= 0.6 is 11.3 Å². The van der Waals surface area contributed by atoms with Gasteiger partial charge in [0, 0.05) is 43.5 Å². The normalized spacial score (nSPS) is 11.2. The first kappa shape index (κ1) is 16.7. The predicted octanol–water partition coefficient (Wildman–Crippen LogP) is 4.39. The van der Waals surface area contributed by atoms with E-state index in [2.05, 4.69) is 56.1 Å². The van der Waals surface area contributed by atoms with Crippen LogP contribution in [0, 0.1) is 6.92 Å². The summed E-state index contributed by atoms with van der Waals surface area (Å²) >= 11 is 1.69. The van der Waals surface area contributed by atoms with Gasteiger partial charge in [0.05, 0.1) is 11.7 Å². The summed E-state index contributed by atoms with van der Waals surface area (Å²) in [7, 11) is 2.11. The Kier molecular flexibility index (Phi) is 4.67. The Labute approximate surface area is 157 Å². The molecule has 4 aromatic rings. The molecule has 0 bridgehead atoms. The van der Waals surface area contributed by atoms with Gasteiger partial charge in [0.15, 0.2) is 0 Å². The van der Waals surface area contributed by atoms with Gasteiger partial charge >= 0.3 is 0 Å². The van der Waals surface area contributed by atoms with E-state index in [-0.39, 0.29) is 0 Å². The lowest BCUT2D eigenvalue weighted by Crippen LogP contribution is -2.21. The van der Waals surface area contributed by atoms with Gasteiger partial charge in [0.2, 0.25) is 0 Å². The highest BCUT2D eigenvalue weighted by atomic mass is 32.1. The lowest BCUT2D eigenvalue weighted by atomic mass is 10.1. The first-order valence-electron chi connectivity index (χ1n) is 8.70. The fourth-order valence-electron chi connectivity index (χ4n) is 3.15. The highest BCUT2D eigenvalue weighted by Crippen LogP contribution is 2.37. The molecular weight excluding hydrogens is 342 g/mol. The summed E-state index contributed by atoms with van der Waals surface area (Å²) in [5, 5.41) is 3.34. The monoisotopic (exact) mass is 363 g/mol. The molecular formula is C20H21N5S. The predicted molar refractivity (Wildman–Crippen MR) is 108 cm³/mol. The van der Waals surface area contributed by atoms with E-state index in [1.807, 2.05) is 31.7 Å². The van der Waals surface area contributed by atoms with Gasteiger partial charge < -0.3 is 9.47 Å². The van der Waals surface area contributed by atoms with Crippen molar-refractivity contribution in [2.45, 2.75) is 19.9 Å². The standard InChI is InChI=1S/C20H21N5S/c1-15-22-19(24(2)10-6-11-25-12-9-21-14-25)18-17(13-26-20(18)23-15)16-7-4-3-5-8-16/h3-5,7-9,12-14H,6,10-11H2,1-2H3. The van der Waals surface area contributed by atoms with Crippen LogP contribution in [0.4, 0.5) is 5.82 Å². The third-order valence-corrected chi connectivity index (χ3v) is 5.31. The van der Waals surface area contributed by atoms with Gasteiger partial charge in [-0.2, -0.15) is 0 Å². The number of anilines is 1. The maximum Gasteiger partial charge on any atom is 0.141 e. The van der Waals surface area contributed by atoms with Crippen molar-refractivity contribution in [2.24, 2.45) is 0 Å². The highest BCUT2D eigenvalue weighted by Gasteiger charge is 2.16. The molecule has 3 heterocycles. The molecule has 1 aromatic carbocycles. The third kappa shape index (κ3) is 3.32. The van der Waals surface area contributed by atoms with Gasteiger partial charge in [-0.1, -0.05) is 30.3 Å². The molecule has 0 amide bonds. The zero-order valence-corrected chi connectivity index (χ0v) is 15.8. The van der Waals surface area contributed by atoms with Crippen LogP contribution in [0.2, 0.25) is 0 Å². The van der Waals surface area contributed by atoms with E-state index >= 15 is 0 Å². The number of hydrogen-bond donors (Lipinski definition) is 0. The quantitative estimate of drug-likeness (QED) is 0.510. The number of aryl methyl sites for hydroxylation is 2. The van der Waals surface area contributed by atoms with Gasteiger partial charge in [-0.25, -0.2) is 15.0 Å². The van der Waals surface area contributed by atoms with Crippen LogP contribution in [0.1, 0.15) is 12.2 Å². The van der Waals surface area contributed by atoms with Gasteiger partial charge in [-0.3, -0.25) is 0 Å². The Hall–Kier alpha value is -2.73. The van der Waals surface area contributed by atoms with Gasteiger partial charge in [0.1, 0.15) is 16.5 Å². The van der Waals surface area contributed by atoms with E-state index in [4.69, 9.17) is 4.98 Å². The molecule has 4 rings (SSSR count). The van der Waals surface area contributed by atoms with Gasteiger partial charge in [0.25, 0.3) is 0 Å². The first-order chi connectivity index (χ1) is 12.7. The number of imidazole rings is 1. The number of aromatic nitrogens is 4. The Morgan fingerprint density at radius 2 is 2.00 bits per heavy atom. The minimum absolute atomic E-state index is 0.815. The zero-order valence-electron chi connectivity index (χ0n) is 15.0. The number of fused-ring (bicyclic) bond motifs is 1. The second-order valence-electron chi connectivity index (χ2n) is 6.37. The third-order valence-electron chi connectivity index (χ3n) is 4.44. The Morgan fingerprint density at radius 3 is 2.77 bits per heavy atom. The van der Waals surface area contributed by atoms with Crippen LogP contribution in [0.3, 0.4) is 0 Å². The first-order valence-corrected chi connectivity index (χ1v) is 9.58. The molecule has 0 aliphatic heterocycles. The van der Waals surface area contributed by atoms with Crippen LogP contribution in [0.15, 0.2) is 54.4 Å². The number of thiophene rings is 1. The van der Waals surface area contributed by atoms with Crippen LogP contribution < -0.4 is 4.90 Å². The van der Waals surface area contributed by atoms with E-state index < -0.39 is 0 Å². The topological polar surface area (TPSA) is 46.8 Å². The minimum atomic E-state index is 0.815. The Morgan fingerprint density at radius 1 is 1.15 bits per heavy atom. The number of rotatable bonds is 6. The summed E-state index contributed by atoms with van der Waals surface area (Å²) in [6, 6.07) is 10.5. The van der Waals surface area contributed by atoms with Gasteiger partial charge in [-0.15, -0.1) is 11.3 Å². The molecule has 0 radical (unpaired) electrons. The van der Waals surface area contributed by atoms with Crippen molar-refractivity contribution in [3.8, 4) is 11.1 Å². The molecule has 0 aliphatic rings. The van der Waals surface area contributed by atoms with E-state index in [9.17, 15) is 0 Å². The number of benzene rings is 1. The molecule has 0 unspecified atom stereocenters. The average molecular weight is 363 g/mol.